The van der Waals surface area contributed by atoms with E-state index in [9.17, 15) is 22.8 Å². The van der Waals surface area contributed by atoms with Crippen molar-refractivity contribution in [2.24, 2.45) is 5.92 Å². The number of piperidine rings is 1. The van der Waals surface area contributed by atoms with Gasteiger partial charge in [0.15, 0.2) is 0 Å². The summed E-state index contributed by atoms with van der Waals surface area (Å²) in [5, 5.41) is 2.74. The third-order valence-corrected chi connectivity index (χ3v) is 6.32. The zero-order chi connectivity index (χ0) is 23.3. The summed E-state index contributed by atoms with van der Waals surface area (Å²) in [5.41, 5.74) is 2.09. The van der Waals surface area contributed by atoms with Gasteiger partial charge in [0.25, 0.3) is 0 Å². The Labute approximate surface area is 187 Å². The van der Waals surface area contributed by atoms with Crippen LogP contribution in [0.2, 0.25) is 0 Å². The predicted octanol–water partition coefficient (Wildman–Crippen LogP) is 3.86. The molecule has 2 fully saturated rings. The summed E-state index contributed by atoms with van der Waals surface area (Å²) in [6.45, 7) is 5.62. The lowest BCUT2D eigenvalue weighted by Crippen LogP contribution is -2.53. The van der Waals surface area contributed by atoms with Crippen molar-refractivity contribution < 1.29 is 22.8 Å². The van der Waals surface area contributed by atoms with E-state index in [4.69, 9.17) is 0 Å². The maximum absolute atomic E-state index is 13.5. The van der Waals surface area contributed by atoms with Gasteiger partial charge >= 0.3 is 12.1 Å². The summed E-state index contributed by atoms with van der Waals surface area (Å²) in [5.74, 6) is -1.86. The number of amides is 2. The predicted molar refractivity (Wildman–Crippen MR) is 118 cm³/mol. The number of likely N-dealkylation sites (N-methyl/N-ethyl adjacent to an activating group) is 1. The molecule has 1 aliphatic carbocycles. The Morgan fingerprint density at radius 1 is 1.16 bits per heavy atom. The highest BCUT2D eigenvalue weighted by atomic mass is 19.4. The van der Waals surface area contributed by atoms with Gasteiger partial charge in [-0.2, -0.15) is 13.2 Å². The number of alkyl halides is 3. The lowest BCUT2D eigenvalue weighted by atomic mass is 10.0. The van der Waals surface area contributed by atoms with Crippen molar-refractivity contribution in [3.63, 3.8) is 0 Å². The van der Waals surface area contributed by atoms with Crippen LogP contribution in [-0.4, -0.2) is 66.1 Å². The van der Waals surface area contributed by atoms with E-state index in [0.29, 0.717) is 38.9 Å². The van der Waals surface area contributed by atoms with Crippen LogP contribution < -0.4 is 5.32 Å². The summed E-state index contributed by atoms with van der Waals surface area (Å²) >= 11 is 0. The zero-order valence-corrected chi connectivity index (χ0v) is 18.7. The van der Waals surface area contributed by atoms with Gasteiger partial charge in [-0.15, -0.1) is 0 Å². The van der Waals surface area contributed by atoms with Crippen LogP contribution in [0.15, 0.2) is 35.9 Å². The fourth-order valence-electron chi connectivity index (χ4n) is 4.67. The highest BCUT2D eigenvalue weighted by molar-refractivity contribution is 5.83. The molecule has 0 unspecified atom stereocenters. The minimum atomic E-state index is -4.89. The number of benzene rings is 1. The Bertz CT molecular complexity index is 818. The van der Waals surface area contributed by atoms with E-state index in [-0.39, 0.29) is 18.4 Å². The average molecular weight is 452 g/mol. The average Bonchev–Trinajstić information content (AvgIpc) is 3.54. The van der Waals surface area contributed by atoms with Crippen molar-refractivity contribution in [1.82, 2.24) is 15.1 Å². The Kier molecular flexibility index (Phi) is 7.98. The first kappa shape index (κ1) is 24.3. The summed E-state index contributed by atoms with van der Waals surface area (Å²) in [6, 6.07) is 8.84. The minimum Gasteiger partial charge on any atom is -0.355 e. The van der Waals surface area contributed by atoms with Crippen molar-refractivity contribution in [3.05, 3.63) is 41.5 Å². The summed E-state index contributed by atoms with van der Waals surface area (Å²) in [4.78, 5) is 27.3. The quantitative estimate of drug-likeness (QED) is 0.653. The molecule has 1 saturated heterocycles. The summed E-state index contributed by atoms with van der Waals surface area (Å²) in [6.07, 6.45) is -0.679. The maximum atomic E-state index is 13.5. The van der Waals surface area contributed by atoms with E-state index in [2.05, 4.69) is 5.32 Å². The van der Waals surface area contributed by atoms with Gasteiger partial charge in [0, 0.05) is 37.6 Å². The molecule has 0 aromatic heterocycles. The molecule has 8 heteroatoms. The zero-order valence-electron chi connectivity index (χ0n) is 18.7. The SMILES string of the molecule is CCNC(=O)CN1CCC(N(C(=O)C(F)(F)F)[C@@H]2C[C@H]2/C(=C/c2ccccc2)CC)CC1. The van der Waals surface area contributed by atoms with Gasteiger partial charge in [-0.3, -0.25) is 14.5 Å². The minimum absolute atomic E-state index is 0.0418. The molecule has 0 bridgehead atoms. The number of halogens is 3. The number of nitrogens with one attached hydrogen (secondary N) is 1. The van der Waals surface area contributed by atoms with Crippen molar-refractivity contribution in [2.45, 2.75) is 57.8 Å². The molecule has 1 aliphatic heterocycles. The molecule has 2 amide bonds. The molecule has 1 saturated carbocycles. The summed E-state index contributed by atoms with van der Waals surface area (Å²) < 4.78 is 40.4. The van der Waals surface area contributed by atoms with Crippen LogP contribution in [0.4, 0.5) is 13.2 Å². The number of nitrogens with zero attached hydrogens (tertiary/aromatic N) is 2. The first-order valence-corrected chi connectivity index (χ1v) is 11.4. The van der Waals surface area contributed by atoms with Crippen LogP contribution in [-0.2, 0) is 9.59 Å². The van der Waals surface area contributed by atoms with Crippen LogP contribution in [0, 0.1) is 5.92 Å². The van der Waals surface area contributed by atoms with E-state index < -0.39 is 24.2 Å². The van der Waals surface area contributed by atoms with Crippen molar-refractivity contribution in [2.75, 3.05) is 26.2 Å². The van der Waals surface area contributed by atoms with Gasteiger partial charge in [0.05, 0.1) is 6.54 Å². The van der Waals surface area contributed by atoms with E-state index in [1.165, 1.54) is 0 Å². The molecule has 176 valence electrons. The van der Waals surface area contributed by atoms with Crippen LogP contribution in [0.1, 0.15) is 45.1 Å². The van der Waals surface area contributed by atoms with Gasteiger partial charge in [-0.1, -0.05) is 48.9 Å². The lowest BCUT2D eigenvalue weighted by molar-refractivity contribution is -0.189. The van der Waals surface area contributed by atoms with Crippen molar-refractivity contribution in [1.29, 1.82) is 0 Å². The molecule has 32 heavy (non-hydrogen) atoms. The topological polar surface area (TPSA) is 52.7 Å². The van der Waals surface area contributed by atoms with E-state index >= 15 is 0 Å². The number of carbonyl (C=O) groups excluding carboxylic acids is 2. The molecule has 1 heterocycles. The first-order valence-electron chi connectivity index (χ1n) is 11.4. The van der Waals surface area contributed by atoms with Gasteiger partial charge < -0.3 is 10.2 Å². The first-order chi connectivity index (χ1) is 15.2. The molecule has 1 aromatic rings. The number of likely N-dealkylation sites (tertiary alicyclic amines) is 1. The van der Waals surface area contributed by atoms with Crippen LogP contribution in [0.25, 0.3) is 6.08 Å². The van der Waals surface area contributed by atoms with Crippen molar-refractivity contribution >= 4 is 17.9 Å². The second kappa shape index (κ2) is 10.5. The summed E-state index contributed by atoms with van der Waals surface area (Å²) in [7, 11) is 0. The number of rotatable bonds is 8. The van der Waals surface area contributed by atoms with E-state index in [1.54, 1.807) is 0 Å². The Hall–Kier alpha value is -2.35. The highest BCUT2D eigenvalue weighted by Gasteiger charge is 2.54. The second-order valence-electron chi connectivity index (χ2n) is 8.56. The molecule has 0 radical (unpaired) electrons. The number of hydrogen-bond donors (Lipinski definition) is 1. The largest absolute Gasteiger partial charge is 0.471 e. The smallest absolute Gasteiger partial charge is 0.355 e. The number of hydrogen-bond acceptors (Lipinski definition) is 3. The molecule has 2 aliphatic rings. The molecular weight excluding hydrogens is 419 g/mol. The monoisotopic (exact) mass is 451 g/mol. The Morgan fingerprint density at radius 3 is 2.38 bits per heavy atom. The molecule has 1 N–H and O–H groups in total. The standard InChI is InChI=1S/C24H32F3N3O2/c1-3-18(14-17-8-6-5-7-9-17)20-15-21(20)30(23(32)24(25,26)27)19-10-12-29(13-11-19)16-22(31)28-4-2/h5-9,14,19-21H,3-4,10-13,15-16H2,1-2H3,(H,28,31)/b18-14+/t20-,21+/m0/s1. The fraction of sp³-hybridized carbons (Fsp3) is 0.583. The van der Waals surface area contributed by atoms with Crippen molar-refractivity contribution in [3.8, 4) is 0 Å². The normalized spacial score (nSPS) is 22.5. The van der Waals surface area contributed by atoms with Gasteiger partial charge in [-0.05, 0) is 38.2 Å². The molecule has 2 atom stereocenters. The molecule has 0 spiro atoms. The Morgan fingerprint density at radius 2 is 1.81 bits per heavy atom. The van der Waals surface area contributed by atoms with Crippen LogP contribution in [0.3, 0.4) is 0 Å². The molecular formula is C24H32F3N3O2. The van der Waals surface area contributed by atoms with Gasteiger partial charge in [-0.25, -0.2) is 0 Å². The molecule has 3 rings (SSSR count). The van der Waals surface area contributed by atoms with Gasteiger partial charge in [0.1, 0.15) is 0 Å². The fourth-order valence-corrected chi connectivity index (χ4v) is 4.67. The Balaban J connectivity index is 1.71. The second-order valence-corrected chi connectivity index (χ2v) is 8.56. The lowest BCUT2D eigenvalue weighted by Gasteiger charge is -2.39. The van der Waals surface area contributed by atoms with Gasteiger partial charge in [0.2, 0.25) is 5.91 Å². The van der Waals surface area contributed by atoms with E-state index in [0.717, 1.165) is 22.5 Å². The van der Waals surface area contributed by atoms with Crippen LogP contribution in [0.5, 0.6) is 0 Å². The van der Waals surface area contributed by atoms with E-state index in [1.807, 2.05) is 55.2 Å². The number of carbonyl (C=O) groups is 2. The highest BCUT2D eigenvalue weighted by Crippen LogP contribution is 2.46. The maximum Gasteiger partial charge on any atom is 0.471 e. The molecule has 5 nitrogen and oxygen atoms in total. The third kappa shape index (κ3) is 6.12. The molecule has 1 aromatic carbocycles. The third-order valence-electron chi connectivity index (χ3n) is 6.32. The van der Waals surface area contributed by atoms with Crippen LogP contribution >= 0.6 is 0 Å².